The molecule has 0 spiro atoms. The quantitative estimate of drug-likeness (QED) is 0.606. The maximum atomic E-state index is 12.9. The third-order valence-corrected chi connectivity index (χ3v) is 4.32. The van der Waals surface area contributed by atoms with Gasteiger partial charge in [-0.15, -0.1) is 0 Å². The van der Waals surface area contributed by atoms with Crippen molar-refractivity contribution in [1.29, 1.82) is 0 Å². The van der Waals surface area contributed by atoms with Crippen molar-refractivity contribution in [1.82, 2.24) is 9.55 Å². The van der Waals surface area contributed by atoms with E-state index in [-0.39, 0.29) is 0 Å². The van der Waals surface area contributed by atoms with Gasteiger partial charge in [-0.3, -0.25) is 9.13 Å². The van der Waals surface area contributed by atoms with Crippen molar-refractivity contribution in [3.05, 3.63) is 22.2 Å². The van der Waals surface area contributed by atoms with E-state index in [1.807, 2.05) is 0 Å². The van der Waals surface area contributed by atoms with Gasteiger partial charge in [0.25, 0.3) is 0 Å². The zero-order chi connectivity index (χ0) is 19.2. The number of nitrogen functional groups attached to an aromatic ring is 1. The second-order valence-corrected chi connectivity index (χ2v) is 9.26. The number of hydrogen-bond donors (Lipinski definition) is 3. The summed E-state index contributed by atoms with van der Waals surface area (Å²) in [7, 11) is 0. The van der Waals surface area contributed by atoms with Gasteiger partial charge in [0.2, 0.25) is 0 Å². The molecule has 1 aromatic heterocycles. The smallest absolute Gasteiger partial charge is 0.387 e. The van der Waals surface area contributed by atoms with Crippen LogP contribution >= 0.6 is 28.6 Å². The van der Waals surface area contributed by atoms with E-state index in [2.05, 4.69) is 9.51 Å². The molecule has 142 valence electrons. The van der Waals surface area contributed by atoms with E-state index in [9.17, 15) is 32.7 Å². The number of halogens is 5. The lowest BCUT2D eigenvalue weighted by Crippen LogP contribution is -2.37. The van der Waals surface area contributed by atoms with Gasteiger partial charge >= 0.3 is 17.9 Å². The molecule has 9 nitrogen and oxygen atoms in total. The van der Waals surface area contributed by atoms with Gasteiger partial charge in [0, 0.05) is 6.20 Å². The van der Waals surface area contributed by atoms with Crippen LogP contribution in [0.4, 0.5) is 19.0 Å². The molecule has 1 saturated heterocycles. The molecule has 1 aliphatic rings. The van der Waals surface area contributed by atoms with Crippen LogP contribution in [-0.2, 0) is 20.0 Å². The first-order valence-corrected chi connectivity index (χ1v) is 9.86. The number of hydrogen-bond acceptors (Lipinski definition) is 8. The summed E-state index contributed by atoms with van der Waals surface area (Å²) in [4.78, 5) is 14.8. The molecular formula is C10H11Cl2F3N3O6P. The summed E-state index contributed by atoms with van der Waals surface area (Å²) >= 11 is 10.3. The molecule has 2 heterocycles. The number of ether oxygens (including phenoxy) is 1. The number of alkyl halides is 3. The van der Waals surface area contributed by atoms with Crippen LogP contribution < -0.4 is 11.4 Å². The molecular weight excluding hydrogens is 417 g/mol. The highest BCUT2D eigenvalue weighted by Crippen LogP contribution is 2.57. The number of anilines is 1. The molecule has 0 bridgehead atoms. The predicted molar refractivity (Wildman–Crippen MR) is 79.1 cm³/mol. The van der Waals surface area contributed by atoms with Crippen LogP contribution in [0.5, 0.6) is 0 Å². The van der Waals surface area contributed by atoms with Crippen molar-refractivity contribution in [3.8, 4) is 0 Å². The van der Waals surface area contributed by atoms with Crippen LogP contribution in [0.15, 0.2) is 11.0 Å². The average Bonchev–Trinajstić information content (AvgIpc) is 2.71. The van der Waals surface area contributed by atoms with Crippen molar-refractivity contribution in [2.75, 3.05) is 12.3 Å². The Hall–Kier alpha value is -0.880. The summed E-state index contributed by atoms with van der Waals surface area (Å²) in [5.41, 5.74) is 2.41. The minimum atomic E-state index is -4.92. The Kier molecular flexibility index (Phi) is 5.74. The van der Waals surface area contributed by atoms with E-state index in [0.717, 1.165) is 0 Å². The van der Waals surface area contributed by atoms with Gasteiger partial charge in [-0.05, 0) is 22.5 Å². The monoisotopic (exact) mass is 427 g/mol. The summed E-state index contributed by atoms with van der Waals surface area (Å²) in [5, 5.41) is 19.8. The number of rotatable bonds is 4. The van der Waals surface area contributed by atoms with E-state index in [4.69, 9.17) is 33.0 Å². The van der Waals surface area contributed by atoms with Crippen LogP contribution in [-0.4, -0.2) is 44.7 Å². The molecule has 0 amide bonds. The van der Waals surface area contributed by atoms with E-state index >= 15 is 0 Å². The number of aliphatic hydroxyl groups excluding tert-OH is 2. The Morgan fingerprint density at radius 1 is 1.40 bits per heavy atom. The fourth-order valence-corrected chi connectivity index (χ4v) is 2.80. The summed E-state index contributed by atoms with van der Waals surface area (Å²) < 4.78 is 59.7. The summed E-state index contributed by atoms with van der Waals surface area (Å²) in [5.74, 6) is -1.05. The van der Waals surface area contributed by atoms with E-state index in [0.29, 0.717) is 10.8 Å². The van der Waals surface area contributed by atoms with Crippen LogP contribution in [0.3, 0.4) is 0 Å². The van der Waals surface area contributed by atoms with Gasteiger partial charge in [0.05, 0.1) is 6.61 Å². The lowest BCUT2D eigenvalue weighted by atomic mass is 10.1. The van der Waals surface area contributed by atoms with Crippen LogP contribution in [0.25, 0.3) is 0 Å². The fraction of sp³-hybridized carbons (Fsp3) is 0.600. The van der Waals surface area contributed by atoms with Gasteiger partial charge < -0.3 is 25.2 Å². The molecule has 0 radical (unpaired) electrons. The molecule has 4 atom stereocenters. The minimum absolute atomic E-state index is 0.308. The van der Waals surface area contributed by atoms with Crippen molar-refractivity contribution in [2.24, 2.45) is 0 Å². The second-order valence-electron chi connectivity index (χ2n) is 4.98. The summed E-state index contributed by atoms with van der Waals surface area (Å²) in [6.07, 6.45) is -15.2. The minimum Gasteiger partial charge on any atom is -0.387 e. The largest absolute Gasteiger partial charge is 0.421 e. The van der Waals surface area contributed by atoms with Gasteiger partial charge in [0.1, 0.15) is 29.7 Å². The van der Waals surface area contributed by atoms with Gasteiger partial charge in [-0.2, -0.15) is 18.2 Å². The molecule has 2 unspecified atom stereocenters. The van der Waals surface area contributed by atoms with Crippen molar-refractivity contribution in [3.63, 3.8) is 0 Å². The lowest BCUT2D eigenvalue weighted by Gasteiger charge is -2.19. The van der Waals surface area contributed by atoms with Crippen molar-refractivity contribution >= 4 is 34.4 Å². The molecule has 0 aromatic carbocycles. The Morgan fingerprint density at radius 2 is 2.00 bits per heavy atom. The molecule has 1 aromatic rings. The van der Waals surface area contributed by atoms with E-state index in [1.54, 1.807) is 0 Å². The van der Waals surface area contributed by atoms with E-state index < -0.39 is 60.5 Å². The number of nitrogens with two attached hydrogens (primary N) is 1. The molecule has 0 saturated carbocycles. The highest BCUT2D eigenvalue weighted by Gasteiger charge is 2.46. The van der Waals surface area contributed by atoms with Gasteiger partial charge in [-0.25, -0.2) is 4.79 Å². The molecule has 1 fully saturated rings. The van der Waals surface area contributed by atoms with Crippen LogP contribution in [0, 0.1) is 0 Å². The number of aliphatic hydroxyl groups is 2. The number of aromatic nitrogens is 2. The van der Waals surface area contributed by atoms with Crippen molar-refractivity contribution < 1.29 is 37.2 Å². The Morgan fingerprint density at radius 3 is 2.52 bits per heavy atom. The highest BCUT2D eigenvalue weighted by atomic mass is 35.9. The highest BCUT2D eigenvalue weighted by molar-refractivity contribution is 8.05. The Labute approximate surface area is 147 Å². The third-order valence-electron chi connectivity index (χ3n) is 3.29. The first-order valence-electron chi connectivity index (χ1n) is 6.42. The lowest BCUT2D eigenvalue weighted by molar-refractivity contribution is -0.138. The van der Waals surface area contributed by atoms with E-state index in [1.165, 1.54) is 0 Å². The fourth-order valence-electron chi connectivity index (χ4n) is 2.14. The maximum absolute atomic E-state index is 12.9. The molecule has 15 heteroatoms. The normalized spacial score (nSPS) is 27.6. The van der Waals surface area contributed by atoms with Crippen LogP contribution in [0.2, 0.25) is 0 Å². The number of nitrogens with zero attached hydrogens (tertiary/aromatic N) is 2. The first kappa shape index (κ1) is 20.4. The summed E-state index contributed by atoms with van der Waals surface area (Å²) in [6.45, 7) is -0.651. The van der Waals surface area contributed by atoms with Crippen molar-refractivity contribution in [2.45, 2.75) is 30.7 Å². The Balaban J connectivity index is 2.33. The summed E-state index contributed by atoms with van der Waals surface area (Å²) in [6, 6.07) is 0. The van der Waals surface area contributed by atoms with Crippen LogP contribution in [0.1, 0.15) is 11.8 Å². The third kappa shape index (κ3) is 4.64. The molecule has 4 N–H and O–H groups in total. The Bertz CT molecular complexity index is 756. The zero-order valence-electron chi connectivity index (χ0n) is 11.9. The zero-order valence-corrected chi connectivity index (χ0v) is 14.3. The van der Waals surface area contributed by atoms with Gasteiger partial charge in [-0.1, -0.05) is 0 Å². The molecule has 25 heavy (non-hydrogen) atoms. The second kappa shape index (κ2) is 7.03. The SMILES string of the molecule is Nc1nc(=O)n([C@@H]2O[C@H](COP(=O)(Cl)Cl)C(O)C2O)cc1C(F)(F)F. The average molecular weight is 428 g/mol. The standard InChI is InChI=1S/C10H11Cl2F3N3O6P/c11-25(12,22)23-2-4-5(19)6(20)8(24-4)18-1-3(10(13,14)15)7(16)17-9(18)21/h1,4-6,8,19-20H,2H2,(H2,16,17,21)/t4-,5?,6?,8-/m1/s1. The topological polar surface area (TPSA) is 137 Å². The van der Waals surface area contributed by atoms with Gasteiger partial charge in [0.15, 0.2) is 6.23 Å². The maximum Gasteiger partial charge on any atom is 0.421 e. The molecule has 0 aliphatic carbocycles. The first-order chi connectivity index (χ1) is 11.3. The predicted octanol–water partition coefficient (Wildman–Crippen LogP) is 1.07. The molecule has 2 rings (SSSR count). The molecule has 1 aliphatic heterocycles.